The molecule has 0 aliphatic rings. The highest BCUT2D eigenvalue weighted by Crippen LogP contribution is 2.34. The van der Waals surface area contributed by atoms with Crippen LogP contribution in [0.1, 0.15) is 22.3 Å². The predicted octanol–water partition coefficient (Wildman–Crippen LogP) is 7.55. The van der Waals surface area contributed by atoms with Crippen molar-refractivity contribution in [2.75, 3.05) is 0 Å². The fourth-order valence-electron chi connectivity index (χ4n) is 3.44. The summed E-state index contributed by atoms with van der Waals surface area (Å²) in [4.78, 5) is 0. The highest BCUT2D eigenvalue weighted by Gasteiger charge is 2.12. The van der Waals surface area contributed by atoms with Gasteiger partial charge in [-0.1, -0.05) is 105 Å². The quantitative estimate of drug-likeness (QED) is 0.292. The molecule has 0 aliphatic heterocycles. The van der Waals surface area contributed by atoms with Crippen LogP contribution in [-0.4, -0.2) is 0 Å². The summed E-state index contributed by atoms with van der Waals surface area (Å²) in [5.41, 5.74) is 5.34. The van der Waals surface area contributed by atoms with Gasteiger partial charge in [0.1, 0.15) is 0 Å². The fraction of sp³-hybridized carbons (Fsp3) is 0.0833. The first-order chi connectivity index (χ1) is 12.7. The van der Waals surface area contributed by atoms with Gasteiger partial charge in [-0.05, 0) is 58.0 Å². The molecule has 0 aromatic heterocycles. The molecule has 0 heterocycles. The third-order valence-corrected chi connectivity index (χ3v) is 6.24. The highest BCUT2D eigenvalue weighted by atomic mass is 79.9. The van der Waals surface area contributed by atoms with Gasteiger partial charge in [0.2, 0.25) is 0 Å². The molecule has 26 heavy (non-hydrogen) atoms. The molecule has 0 nitrogen and oxygen atoms in total. The van der Waals surface area contributed by atoms with Crippen molar-refractivity contribution in [3.05, 3.63) is 116 Å². The number of fused-ring (bicyclic) bond motifs is 1. The number of rotatable bonds is 4. The number of benzene rings is 4. The summed E-state index contributed by atoms with van der Waals surface area (Å²) in [7, 11) is 0. The zero-order valence-corrected chi connectivity index (χ0v) is 17.4. The number of hydrogen-bond donors (Lipinski definition) is 0. The van der Waals surface area contributed by atoms with Gasteiger partial charge < -0.3 is 0 Å². The maximum atomic E-state index is 3.77. The molecule has 0 bridgehead atoms. The predicted molar refractivity (Wildman–Crippen MR) is 118 cm³/mol. The molecule has 0 saturated heterocycles. The first-order valence-corrected chi connectivity index (χ1v) is 10.3. The van der Waals surface area contributed by atoms with Gasteiger partial charge in [0.25, 0.3) is 0 Å². The van der Waals surface area contributed by atoms with Crippen molar-refractivity contribution >= 4 is 42.6 Å². The van der Waals surface area contributed by atoms with Crippen LogP contribution in [0.5, 0.6) is 0 Å². The molecule has 0 atom stereocenters. The van der Waals surface area contributed by atoms with Gasteiger partial charge in [0.15, 0.2) is 0 Å². The minimum absolute atomic E-state index is 0.922. The standard InChI is InChI=1S/C24H18Br2/c25-23-13-12-20-19(21(23)15-17-7-3-1-4-8-17)11-14-24(26)22(20)16-18-9-5-2-6-10-18/h1-14H,15-16H2. The van der Waals surface area contributed by atoms with Crippen LogP contribution < -0.4 is 0 Å². The molecule has 4 aromatic carbocycles. The molecule has 0 unspecified atom stereocenters. The van der Waals surface area contributed by atoms with Gasteiger partial charge >= 0.3 is 0 Å². The topological polar surface area (TPSA) is 0 Å². The minimum Gasteiger partial charge on any atom is -0.0622 e. The Morgan fingerprint density at radius 2 is 0.846 bits per heavy atom. The van der Waals surface area contributed by atoms with Crippen molar-refractivity contribution in [2.24, 2.45) is 0 Å². The van der Waals surface area contributed by atoms with Crippen molar-refractivity contribution in [2.45, 2.75) is 12.8 Å². The van der Waals surface area contributed by atoms with Gasteiger partial charge in [-0.15, -0.1) is 0 Å². The smallest absolute Gasteiger partial charge is 0.0217 e. The first-order valence-electron chi connectivity index (χ1n) is 8.68. The molecule has 4 rings (SSSR count). The van der Waals surface area contributed by atoms with Crippen LogP contribution in [0, 0.1) is 0 Å². The van der Waals surface area contributed by atoms with Gasteiger partial charge in [-0.25, -0.2) is 0 Å². The van der Waals surface area contributed by atoms with E-state index >= 15 is 0 Å². The Morgan fingerprint density at radius 1 is 0.462 bits per heavy atom. The fourth-order valence-corrected chi connectivity index (χ4v) is 4.41. The van der Waals surface area contributed by atoms with E-state index in [2.05, 4.69) is 117 Å². The monoisotopic (exact) mass is 464 g/mol. The van der Waals surface area contributed by atoms with Gasteiger partial charge in [0.05, 0.1) is 0 Å². The van der Waals surface area contributed by atoms with E-state index in [0.717, 1.165) is 12.8 Å². The van der Waals surface area contributed by atoms with Crippen molar-refractivity contribution in [3.63, 3.8) is 0 Å². The summed E-state index contributed by atoms with van der Waals surface area (Å²) in [5, 5.41) is 2.63. The molecule has 0 saturated carbocycles. The SMILES string of the molecule is Brc1ccc2c(Cc3ccccc3)c(Br)ccc2c1Cc1ccccc1. The van der Waals surface area contributed by atoms with Crippen molar-refractivity contribution < 1.29 is 0 Å². The molecule has 2 heteroatoms. The van der Waals surface area contributed by atoms with E-state index in [9.17, 15) is 0 Å². The Bertz CT molecular complexity index is 951. The van der Waals surface area contributed by atoms with Crippen molar-refractivity contribution in [1.82, 2.24) is 0 Å². The maximum absolute atomic E-state index is 3.77. The number of halogens is 2. The molecule has 0 N–H and O–H groups in total. The average molecular weight is 466 g/mol. The zero-order valence-electron chi connectivity index (χ0n) is 14.3. The van der Waals surface area contributed by atoms with Crippen molar-refractivity contribution in [1.29, 1.82) is 0 Å². The molecular formula is C24H18Br2. The van der Waals surface area contributed by atoms with E-state index in [0.29, 0.717) is 0 Å². The molecule has 128 valence electrons. The van der Waals surface area contributed by atoms with E-state index in [4.69, 9.17) is 0 Å². The van der Waals surface area contributed by atoms with E-state index in [1.165, 1.54) is 42.0 Å². The van der Waals surface area contributed by atoms with Gasteiger partial charge in [0, 0.05) is 8.95 Å². The zero-order chi connectivity index (χ0) is 17.9. The van der Waals surface area contributed by atoms with Crippen LogP contribution >= 0.6 is 31.9 Å². The van der Waals surface area contributed by atoms with Crippen LogP contribution in [-0.2, 0) is 12.8 Å². The molecule has 0 amide bonds. The van der Waals surface area contributed by atoms with Gasteiger partial charge in [-0.2, -0.15) is 0 Å². The molecule has 0 radical (unpaired) electrons. The molecular weight excluding hydrogens is 448 g/mol. The van der Waals surface area contributed by atoms with Crippen LogP contribution in [0.4, 0.5) is 0 Å². The molecule has 4 aromatic rings. The lowest BCUT2D eigenvalue weighted by atomic mass is 9.93. The first kappa shape index (κ1) is 17.5. The second-order valence-electron chi connectivity index (χ2n) is 6.47. The summed E-state index contributed by atoms with van der Waals surface area (Å²) in [6.07, 6.45) is 1.84. The third-order valence-electron chi connectivity index (χ3n) is 4.76. The average Bonchev–Trinajstić information content (AvgIpc) is 2.68. The molecule has 0 spiro atoms. The van der Waals surface area contributed by atoms with Crippen LogP contribution in [0.3, 0.4) is 0 Å². The van der Waals surface area contributed by atoms with Crippen LogP contribution in [0.25, 0.3) is 10.8 Å². The van der Waals surface area contributed by atoms with Gasteiger partial charge in [-0.3, -0.25) is 0 Å². The Balaban J connectivity index is 1.84. The van der Waals surface area contributed by atoms with E-state index in [-0.39, 0.29) is 0 Å². The van der Waals surface area contributed by atoms with Crippen molar-refractivity contribution in [3.8, 4) is 0 Å². The Kier molecular flexibility index (Phi) is 5.23. The summed E-state index contributed by atoms with van der Waals surface area (Å²) < 4.78 is 2.34. The van der Waals surface area contributed by atoms with E-state index in [1.54, 1.807) is 0 Å². The second-order valence-corrected chi connectivity index (χ2v) is 8.18. The Hall–Kier alpha value is -1.90. The summed E-state index contributed by atoms with van der Waals surface area (Å²) in [6.45, 7) is 0. The van der Waals surface area contributed by atoms with E-state index < -0.39 is 0 Å². The lowest BCUT2D eigenvalue weighted by molar-refractivity contribution is 1.18. The second kappa shape index (κ2) is 7.77. The Labute approximate surface area is 171 Å². The lowest BCUT2D eigenvalue weighted by Crippen LogP contribution is -1.96. The van der Waals surface area contributed by atoms with Crippen LogP contribution in [0.15, 0.2) is 93.9 Å². The normalized spacial score (nSPS) is 11.0. The number of hydrogen-bond acceptors (Lipinski definition) is 0. The molecule has 0 aliphatic carbocycles. The third kappa shape index (κ3) is 3.62. The summed E-state index contributed by atoms with van der Waals surface area (Å²) >= 11 is 7.55. The highest BCUT2D eigenvalue weighted by molar-refractivity contribution is 9.10. The maximum Gasteiger partial charge on any atom is 0.0217 e. The summed E-state index contributed by atoms with van der Waals surface area (Å²) in [6, 6.07) is 30.1. The van der Waals surface area contributed by atoms with Crippen LogP contribution in [0.2, 0.25) is 0 Å². The lowest BCUT2D eigenvalue weighted by Gasteiger charge is -2.15. The largest absolute Gasteiger partial charge is 0.0622 e. The Morgan fingerprint density at radius 3 is 1.23 bits per heavy atom. The summed E-state index contributed by atoms with van der Waals surface area (Å²) in [5.74, 6) is 0. The molecule has 0 fully saturated rings. The minimum atomic E-state index is 0.922. The van der Waals surface area contributed by atoms with E-state index in [1.807, 2.05) is 0 Å².